The van der Waals surface area contributed by atoms with E-state index >= 15 is 0 Å². The van der Waals surface area contributed by atoms with Gasteiger partial charge in [-0.15, -0.1) is 0 Å². The van der Waals surface area contributed by atoms with E-state index in [0.717, 1.165) is 11.1 Å². The molecule has 0 bridgehead atoms. The maximum atomic E-state index is 13.2. The highest BCUT2D eigenvalue weighted by molar-refractivity contribution is 9.09. The Morgan fingerprint density at radius 2 is 1.27 bits per heavy atom. The van der Waals surface area contributed by atoms with Crippen molar-refractivity contribution >= 4 is 49.0 Å². The SMILES string of the molecule is N#Cc1cc(C(CBr)C(=O)C(CBr)c2ccc(N)c(C#N)c2)ccc1N. The number of alkyl halides is 2. The van der Waals surface area contributed by atoms with Crippen molar-refractivity contribution in [2.75, 3.05) is 22.1 Å². The molecule has 0 aliphatic rings. The third kappa shape index (κ3) is 4.07. The molecular weight excluding hydrogens is 460 g/mol. The first-order valence-corrected chi connectivity index (χ1v) is 9.95. The van der Waals surface area contributed by atoms with Gasteiger partial charge in [0.25, 0.3) is 0 Å². The van der Waals surface area contributed by atoms with Gasteiger partial charge in [-0.3, -0.25) is 4.79 Å². The summed E-state index contributed by atoms with van der Waals surface area (Å²) in [6.45, 7) is 0. The Morgan fingerprint density at radius 3 is 1.58 bits per heavy atom. The van der Waals surface area contributed by atoms with Crippen molar-refractivity contribution in [2.24, 2.45) is 0 Å². The van der Waals surface area contributed by atoms with Gasteiger partial charge in [-0.05, 0) is 35.4 Å². The summed E-state index contributed by atoms with van der Waals surface area (Å²) >= 11 is 6.81. The predicted octanol–water partition coefficient (Wildman–Crippen LogP) is 3.82. The lowest BCUT2D eigenvalue weighted by Crippen LogP contribution is -2.23. The molecule has 0 fully saturated rings. The number of Topliss-reactive ketones (excluding diaryl/α,β-unsaturated/α-hetero) is 1. The molecule has 26 heavy (non-hydrogen) atoms. The van der Waals surface area contributed by atoms with Crippen LogP contribution in [0.15, 0.2) is 36.4 Å². The lowest BCUT2D eigenvalue weighted by molar-refractivity contribution is -0.121. The van der Waals surface area contributed by atoms with Gasteiger partial charge in [0, 0.05) is 22.0 Å². The van der Waals surface area contributed by atoms with Gasteiger partial charge >= 0.3 is 0 Å². The smallest absolute Gasteiger partial charge is 0.149 e. The topological polar surface area (TPSA) is 117 Å². The minimum absolute atomic E-state index is 0.0268. The van der Waals surface area contributed by atoms with Gasteiger partial charge in [0.05, 0.1) is 23.0 Å². The first-order valence-electron chi connectivity index (χ1n) is 7.71. The third-order valence-corrected chi connectivity index (χ3v) is 5.49. The molecule has 4 N–H and O–H groups in total. The molecule has 2 aromatic carbocycles. The largest absolute Gasteiger partial charge is 0.398 e. The van der Waals surface area contributed by atoms with Gasteiger partial charge in [-0.2, -0.15) is 10.5 Å². The quantitative estimate of drug-likeness (QED) is 0.486. The number of nitrogens with zero attached hydrogens (tertiary/aromatic N) is 2. The zero-order valence-electron chi connectivity index (χ0n) is 13.7. The van der Waals surface area contributed by atoms with E-state index in [-0.39, 0.29) is 5.78 Å². The Balaban J connectivity index is 2.43. The fourth-order valence-corrected chi connectivity index (χ4v) is 4.06. The Hall–Kier alpha value is -2.35. The molecule has 0 aromatic heterocycles. The van der Waals surface area contributed by atoms with Crippen molar-refractivity contribution in [3.05, 3.63) is 58.7 Å². The fourth-order valence-electron chi connectivity index (χ4n) is 2.68. The normalized spacial score (nSPS) is 12.6. The van der Waals surface area contributed by atoms with Crippen molar-refractivity contribution in [3.63, 3.8) is 0 Å². The van der Waals surface area contributed by atoms with E-state index in [4.69, 9.17) is 11.5 Å². The molecule has 5 nitrogen and oxygen atoms in total. The monoisotopic (exact) mass is 474 g/mol. The van der Waals surface area contributed by atoms with E-state index < -0.39 is 11.8 Å². The van der Waals surface area contributed by atoms with Crippen LogP contribution in [0, 0.1) is 22.7 Å². The van der Waals surface area contributed by atoms with Crippen LogP contribution in [0.25, 0.3) is 0 Å². The van der Waals surface area contributed by atoms with Crippen LogP contribution in [0.3, 0.4) is 0 Å². The molecule has 2 aromatic rings. The lowest BCUT2D eigenvalue weighted by Gasteiger charge is -2.21. The van der Waals surface area contributed by atoms with E-state index in [2.05, 4.69) is 31.9 Å². The van der Waals surface area contributed by atoms with Crippen molar-refractivity contribution in [2.45, 2.75) is 11.8 Å². The summed E-state index contributed by atoms with van der Waals surface area (Å²) < 4.78 is 0. The second-order valence-corrected chi connectivity index (χ2v) is 7.03. The van der Waals surface area contributed by atoms with Gasteiger partial charge < -0.3 is 11.5 Å². The van der Waals surface area contributed by atoms with Crippen LogP contribution in [-0.4, -0.2) is 16.4 Å². The van der Waals surface area contributed by atoms with E-state index in [1.54, 1.807) is 36.4 Å². The van der Waals surface area contributed by atoms with Crippen LogP contribution in [0.5, 0.6) is 0 Å². The minimum atomic E-state index is -0.451. The molecule has 0 aliphatic heterocycles. The molecule has 0 amide bonds. The van der Waals surface area contributed by atoms with Gasteiger partial charge in [0.15, 0.2) is 0 Å². The average Bonchev–Trinajstić information content (AvgIpc) is 2.65. The molecule has 2 rings (SSSR count). The molecular formula is C19H16Br2N4O. The highest BCUT2D eigenvalue weighted by Gasteiger charge is 2.29. The zero-order chi connectivity index (χ0) is 19.3. The molecule has 0 radical (unpaired) electrons. The number of anilines is 2. The lowest BCUT2D eigenvalue weighted by atomic mass is 9.84. The second-order valence-electron chi connectivity index (χ2n) is 5.73. The highest BCUT2D eigenvalue weighted by Crippen LogP contribution is 2.32. The number of hydrogen-bond donors (Lipinski definition) is 2. The number of rotatable bonds is 6. The van der Waals surface area contributed by atoms with E-state index in [9.17, 15) is 15.3 Å². The summed E-state index contributed by atoms with van der Waals surface area (Å²) in [4.78, 5) is 13.2. The van der Waals surface area contributed by atoms with Gasteiger partial charge in [-0.1, -0.05) is 44.0 Å². The van der Waals surface area contributed by atoms with Crippen LogP contribution < -0.4 is 11.5 Å². The standard InChI is InChI=1S/C19H16Br2N4O/c20-7-15(11-1-3-17(24)13(5-11)9-22)19(26)16(8-21)12-2-4-18(25)14(6-12)10-23/h1-6,15-16H,7-8,24-25H2. The summed E-state index contributed by atoms with van der Waals surface area (Å²) in [7, 11) is 0. The summed E-state index contributed by atoms with van der Waals surface area (Å²) in [5.41, 5.74) is 14.4. The molecule has 0 aliphatic carbocycles. The molecule has 0 saturated heterocycles. The molecule has 0 saturated carbocycles. The summed E-state index contributed by atoms with van der Waals surface area (Å²) in [6.07, 6.45) is 0. The Kier molecular flexibility index (Phi) is 6.79. The summed E-state index contributed by atoms with van der Waals surface area (Å²) in [5, 5.41) is 19.2. The van der Waals surface area contributed by atoms with Crippen LogP contribution in [0.4, 0.5) is 11.4 Å². The first kappa shape index (κ1) is 20.0. The van der Waals surface area contributed by atoms with Crippen LogP contribution in [0.1, 0.15) is 34.1 Å². The first-order chi connectivity index (χ1) is 12.5. The molecule has 2 unspecified atom stereocenters. The van der Waals surface area contributed by atoms with Crippen molar-refractivity contribution in [1.29, 1.82) is 10.5 Å². The van der Waals surface area contributed by atoms with Gasteiger partial charge in [0.1, 0.15) is 17.9 Å². The van der Waals surface area contributed by atoms with Crippen LogP contribution in [-0.2, 0) is 4.79 Å². The Morgan fingerprint density at radius 1 is 0.885 bits per heavy atom. The highest BCUT2D eigenvalue weighted by atomic mass is 79.9. The molecule has 7 heteroatoms. The summed E-state index contributed by atoms with van der Waals surface area (Å²) in [5.74, 6) is -0.928. The molecule has 0 heterocycles. The second kappa shape index (κ2) is 8.84. The number of carbonyl (C=O) groups is 1. The Labute approximate surface area is 168 Å². The van der Waals surface area contributed by atoms with Gasteiger partial charge in [0.2, 0.25) is 0 Å². The number of ketones is 1. The number of nitrogens with two attached hydrogens (primary N) is 2. The number of hydrogen-bond acceptors (Lipinski definition) is 5. The number of nitrogen functional groups attached to an aromatic ring is 2. The summed E-state index contributed by atoms with van der Waals surface area (Å²) in [6, 6.07) is 14.2. The number of carbonyl (C=O) groups excluding carboxylic acids is 1. The van der Waals surface area contributed by atoms with Crippen LogP contribution >= 0.6 is 31.9 Å². The Bertz CT molecular complexity index is 841. The van der Waals surface area contributed by atoms with E-state index in [1.165, 1.54) is 0 Å². The average molecular weight is 476 g/mol. The van der Waals surface area contributed by atoms with E-state index in [1.807, 2.05) is 12.1 Å². The zero-order valence-corrected chi connectivity index (χ0v) is 16.9. The number of benzene rings is 2. The number of nitriles is 2. The van der Waals surface area contributed by atoms with Crippen molar-refractivity contribution < 1.29 is 4.79 Å². The van der Waals surface area contributed by atoms with E-state index in [0.29, 0.717) is 33.2 Å². The minimum Gasteiger partial charge on any atom is -0.398 e. The molecule has 132 valence electrons. The van der Waals surface area contributed by atoms with Gasteiger partial charge in [-0.25, -0.2) is 0 Å². The molecule has 0 spiro atoms. The molecule has 2 atom stereocenters. The van der Waals surface area contributed by atoms with Crippen molar-refractivity contribution in [1.82, 2.24) is 0 Å². The third-order valence-electron chi connectivity index (χ3n) is 4.20. The maximum Gasteiger partial charge on any atom is 0.149 e. The predicted molar refractivity (Wildman–Crippen MR) is 109 cm³/mol. The number of halogens is 2. The van der Waals surface area contributed by atoms with Crippen molar-refractivity contribution in [3.8, 4) is 12.1 Å². The maximum absolute atomic E-state index is 13.2. The fraction of sp³-hybridized carbons (Fsp3) is 0.211. The van der Waals surface area contributed by atoms with Crippen LogP contribution in [0.2, 0.25) is 0 Å².